The summed E-state index contributed by atoms with van der Waals surface area (Å²) in [7, 11) is 0. The van der Waals surface area contributed by atoms with E-state index >= 15 is 0 Å². The van der Waals surface area contributed by atoms with Gasteiger partial charge in [0.15, 0.2) is 0 Å². The van der Waals surface area contributed by atoms with Crippen molar-refractivity contribution < 1.29 is 14.4 Å². The maximum Gasteiger partial charge on any atom is 0.225 e. The molecule has 1 amide bonds. The second-order valence-corrected chi connectivity index (χ2v) is 5.53. The van der Waals surface area contributed by atoms with Crippen molar-refractivity contribution in [2.24, 2.45) is 0 Å². The molecule has 1 saturated carbocycles. The monoisotopic (exact) mass is 266 g/mol. The van der Waals surface area contributed by atoms with Crippen LogP contribution in [0.15, 0.2) is 4.52 Å². The maximum atomic E-state index is 12.2. The van der Waals surface area contributed by atoms with Gasteiger partial charge in [-0.2, -0.15) is 0 Å². The van der Waals surface area contributed by atoms with Crippen LogP contribution in [0.1, 0.15) is 49.1 Å². The molecule has 0 radical (unpaired) electrons. The molecule has 1 aromatic heterocycles. The zero-order chi connectivity index (χ0) is 13.9. The van der Waals surface area contributed by atoms with E-state index in [4.69, 9.17) is 4.52 Å². The van der Waals surface area contributed by atoms with Crippen molar-refractivity contribution in [2.75, 3.05) is 6.61 Å². The molecule has 0 aliphatic heterocycles. The third-order valence-corrected chi connectivity index (χ3v) is 4.04. The average Bonchev–Trinajstić information content (AvgIpc) is 2.71. The molecule has 0 atom stereocenters. The molecule has 19 heavy (non-hydrogen) atoms. The van der Waals surface area contributed by atoms with Gasteiger partial charge in [-0.25, -0.2) is 0 Å². The summed E-state index contributed by atoms with van der Waals surface area (Å²) in [5, 5.41) is 16.4. The first-order chi connectivity index (χ1) is 9.06. The molecule has 0 bridgehead atoms. The number of aliphatic hydroxyl groups is 1. The van der Waals surface area contributed by atoms with Gasteiger partial charge < -0.3 is 14.9 Å². The molecular formula is C14H22N2O3. The predicted octanol–water partition coefficient (Wildman–Crippen LogP) is 1.65. The van der Waals surface area contributed by atoms with E-state index in [1.165, 1.54) is 6.42 Å². The number of hydrogen-bond donors (Lipinski definition) is 2. The van der Waals surface area contributed by atoms with Crippen LogP contribution in [0.3, 0.4) is 0 Å². The molecule has 0 saturated heterocycles. The van der Waals surface area contributed by atoms with Gasteiger partial charge in [0.1, 0.15) is 5.76 Å². The van der Waals surface area contributed by atoms with Gasteiger partial charge in [-0.1, -0.05) is 24.4 Å². The minimum absolute atomic E-state index is 0.0142. The summed E-state index contributed by atoms with van der Waals surface area (Å²) in [6, 6.07) is 0. The van der Waals surface area contributed by atoms with Crippen LogP contribution in [0.25, 0.3) is 0 Å². The fraction of sp³-hybridized carbons (Fsp3) is 0.714. The first-order valence-corrected chi connectivity index (χ1v) is 6.90. The van der Waals surface area contributed by atoms with Crippen LogP contribution in [-0.2, 0) is 11.2 Å². The fourth-order valence-electron chi connectivity index (χ4n) is 2.81. The largest absolute Gasteiger partial charge is 0.394 e. The maximum absolute atomic E-state index is 12.2. The van der Waals surface area contributed by atoms with Gasteiger partial charge in [-0.05, 0) is 26.7 Å². The Balaban J connectivity index is 2.00. The highest BCUT2D eigenvalue weighted by Crippen LogP contribution is 2.28. The van der Waals surface area contributed by atoms with Crippen LogP contribution in [-0.4, -0.2) is 28.3 Å². The van der Waals surface area contributed by atoms with Gasteiger partial charge in [0.05, 0.1) is 24.3 Å². The quantitative estimate of drug-likeness (QED) is 0.868. The highest BCUT2D eigenvalue weighted by molar-refractivity contribution is 5.79. The molecule has 0 unspecified atom stereocenters. The number of carbonyl (C=O) groups excluding carboxylic acids is 1. The topological polar surface area (TPSA) is 75.4 Å². The Morgan fingerprint density at radius 3 is 2.58 bits per heavy atom. The lowest BCUT2D eigenvalue weighted by molar-refractivity contribution is -0.123. The zero-order valence-electron chi connectivity index (χ0n) is 11.7. The number of amides is 1. The first-order valence-electron chi connectivity index (χ1n) is 6.90. The molecule has 106 valence electrons. The van der Waals surface area contributed by atoms with Gasteiger partial charge >= 0.3 is 0 Å². The van der Waals surface area contributed by atoms with Gasteiger partial charge in [0.2, 0.25) is 5.91 Å². The van der Waals surface area contributed by atoms with Crippen molar-refractivity contribution in [1.82, 2.24) is 10.5 Å². The number of aromatic nitrogens is 1. The summed E-state index contributed by atoms with van der Waals surface area (Å²) < 4.78 is 5.06. The van der Waals surface area contributed by atoms with Gasteiger partial charge in [0.25, 0.3) is 0 Å². The minimum Gasteiger partial charge on any atom is -0.394 e. The lowest BCUT2D eigenvalue weighted by atomic mass is 9.82. The van der Waals surface area contributed by atoms with E-state index in [0.717, 1.165) is 36.9 Å². The van der Waals surface area contributed by atoms with E-state index in [2.05, 4.69) is 10.5 Å². The number of aliphatic hydroxyl groups excluding tert-OH is 1. The average molecular weight is 266 g/mol. The number of hydrogen-bond acceptors (Lipinski definition) is 4. The van der Waals surface area contributed by atoms with Gasteiger partial charge in [-0.15, -0.1) is 0 Å². The molecule has 2 rings (SSSR count). The van der Waals surface area contributed by atoms with E-state index in [0.29, 0.717) is 5.76 Å². The molecule has 1 heterocycles. The third-order valence-electron chi connectivity index (χ3n) is 4.04. The number of nitrogens with one attached hydrogen (secondary N) is 1. The van der Waals surface area contributed by atoms with Crippen LogP contribution in [0, 0.1) is 13.8 Å². The molecule has 5 heteroatoms. The van der Waals surface area contributed by atoms with E-state index in [-0.39, 0.29) is 18.9 Å². The zero-order valence-corrected chi connectivity index (χ0v) is 11.7. The minimum atomic E-state index is -0.422. The van der Waals surface area contributed by atoms with E-state index in [9.17, 15) is 9.90 Å². The lowest BCUT2D eigenvalue weighted by Crippen LogP contribution is -2.53. The van der Waals surface area contributed by atoms with E-state index < -0.39 is 5.54 Å². The summed E-state index contributed by atoms with van der Waals surface area (Å²) >= 11 is 0. The Morgan fingerprint density at radius 1 is 1.37 bits per heavy atom. The molecule has 1 aromatic rings. The number of nitrogens with zero attached hydrogens (tertiary/aromatic N) is 1. The standard InChI is InChI=1S/C14H22N2O3/c1-10-12(11(2)19-16-10)8-13(18)15-14(9-17)6-4-3-5-7-14/h17H,3-9H2,1-2H3,(H,15,18). The van der Waals surface area contributed by atoms with Crippen LogP contribution in [0.4, 0.5) is 0 Å². The second-order valence-electron chi connectivity index (χ2n) is 5.53. The first kappa shape index (κ1) is 14.1. The molecule has 1 aliphatic carbocycles. The molecule has 2 N–H and O–H groups in total. The van der Waals surface area contributed by atoms with E-state index in [1.54, 1.807) is 0 Å². The Bertz CT molecular complexity index is 428. The van der Waals surface area contributed by atoms with Crippen LogP contribution < -0.4 is 5.32 Å². The van der Waals surface area contributed by atoms with Crippen molar-refractivity contribution in [1.29, 1.82) is 0 Å². The molecule has 5 nitrogen and oxygen atoms in total. The Kier molecular flexibility index (Phi) is 4.24. The van der Waals surface area contributed by atoms with Crippen LogP contribution >= 0.6 is 0 Å². The van der Waals surface area contributed by atoms with Crippen molar-refractivity contribution in [3.63, 3.8) is 0 Å². The summed E-state index contributed by atoms with van der Waals surface area (Å²) in [6.45, 7) is 3.66. The Labute approximate surface area is 113 Å². The van der Waals surface area contributed by atoms with Crippen molar-refractivity contribution in [3.05, 3.63) is 17.0 Å². The molecular weight excluding hydrogens is 244 g/mol. The van der Waals surface area contributed by atoms with Crippen molar-refractivity contribution in [2.45, 2.75) is 57.9 Å². The Morgan fingerprint density at radius 2 is 2.05 bits per heavy atom. The second kappa shape index (κ2) is 5.74. The predicted molar refractivity (Wildman–Crippen MR) is 70.7 cm³/mol. The molecule has 0 aromatic carbocycles. The molecule has 1 aliphatic rings. The van der Waals surface area contributed by atoms with Crippen molar-refractivity contribution >= 4 is 5.91 Å². The molecule has 1 fully saturated rings. The number of rotatable bonds is 4. The van der Waals surface area contributed by atoms with Gasteiger partial charge in [-0.3, -0.25) is 4.79 Å². The SMILES string of the molecule is Cc1noc(C)c1CC(=O)NC1(CO)CCCCC1. The normalized spacial score (nSPS) is 18.3. The van der Waals surface area contributed by atoms with Crippen LogP contribution in [0.2, 0.25) is 0 Å². The van der Waals surface area contributed by atoms with Crippen LogP contribution in [0.5, 0.6) is 0 Å². The Hall–Kier alpha value is -1.36. The smallest absolute Gasteiger partial charge is 0.225 e. The summed E-state index contributed by atoms with van der Waals surface area (Å²) in [4.78, 5) is 12.2. The highest BCUT2D eigenvalue weighted by atomic mass is 16.5. The van der Waals surface area contributed by atoms with Gasteiger partial charge in [0, 0.05) is 5.56 Å². The number of aryl methyl sites for hydroxylation is 2. The summed E-state index contributed by atoms with van der Waals surface area (Å²) in [5.41, 5.74) is 1.18. The fourth-order valence-corrected chi connectivity index (χ4v) is 2.81. The summed E-state index contributed by atoms with van der Waals surface area (Å²) in [5.74, 6) is 0.625. The number of carbonyl (C=O) groups is 1. The lowest BCUT2D eigenvalue weighted by Gasteiger charge is -2.36. The molecule has 0 spiro atoms. The van der Waals surface area contributed by atoms with E-state index in [1.807, 2.05) is 13.8 Å². The van der Waals surface area contributed by atoms with Crippen molar-refractivity contribution in [3.8, 4) is 0 Å². The summed E-state index contributed by atoms with van der Waals surface area (Å²) in [6.07, 6.45) is 5.29. The third kappa shape index (κ3) is 3.15. The highest BCUT2D eigenvalue weighted by Gasteiger charge is 2.33.